The zero-order chi connectivity index (χ0) is 20.8. The van der Waals surface area contributed by atoms with Crippen LogP contribution in [0.4, 0.5) is 4.39 Å². The Balaban J connectivity index is 0.00000272. The molecule has 0 saturated heterocycles. The highest BCUT2D eigenvalue weighted by molar-refractivity contribution is 14.0. The summed E-state index contributed by atoms with van der Waals surface area (Å²) in [5.41, 5.74) is 4.02. The molecule has 0 amide bonds. The van der Waals surface area contributed by atoms with Gasteiger partial charge >= 0.3 is 0 Å². The number of aromatic amines is 1. The third kappa shape index (κ3) is 5.84. The summed E-state index contributed by atoms with van der Waals surface area (Å²) in [4.78, 5) is 12.0. The van der Waals surface area contributed by atoms with Crippen LogP contribution in [0.5, 0.6) is 0 Å². The minimum atomic E-state index is -0.279. The van der Waals surface area contributed by atoms with Gasteiger partial charge in [-0.2, -0.15) is 0 Å². The van der Waals surface area contributed by atoms with Gasteiger partial charge in [-0.05, 0) is 42.3 Å². The van der Waals surface area contributed by atoms with E-state index in [2.05, 4.69) is 50.0 Å². The number of fused-ring (bicyclic) bond motifs is 1. The van der Waals surface area contributed by atoms with E-state index in [4.69, 9.17) is 4.42 Å². The molecule has 31 heavy (non-hydrogen) atoms. The Bertz CT molecular complexity index is 1140. The third-order valence-electron chi connectivity index (χ3n) is 4.90. The number of rotatable bonds is 7. The van der Waals surface area contributed by atoms with Crippen LogP contribution in [-0.2, 0) is 12.8 Å². The van der Waals surface area contributed by atoms with Crippen LogP contribution in [0.2, 0.25) is 0 Å². The summed E-state index contributed by atoms with van der Waals surface area (Å²) < 4.78 is 18.5. The molecule has 0 radical (unpaired) electrons. The number of hydrogen-bond donors (Lipinski definition) is 3. The van der Waals surface area contributed by atoms with E-state index in [1.165, 1.54) is 23.1 Å². The Morgan fingerprint density at radius 1 is 1.06 bits per heavy atom. The van der Waals surface area contributed by atoms with E-state index in [1.54, 1.807) is 25.4 Å². The molecule has 4 aromatic rings. The average Bonchev–Trinajstić information content (AvgIpc) is 3.41. The Kier molecular flexibility index (Phi) is 8.05. The molecule has 6 nitrogen and oxygen atoms in total. The van der Waals surface area contributed by atoms with Crippen molar-refractivity contribution < 1.29 is 8.81 Å². The minimum absolute atomic E-state index is 0. The highest BCUT2D eigenvalue weighted by Gasteiger charge is 2.08. The van der Waals surface area contributed by atoms with E-state index < -0.39 is 0 Å². The molecule has 2 heterocycles. The molecule has 0 aliphatic rings. The predicted molar refractivity (Wildman–Crippen MR) is 132 cm³/mol. The summed E-state index contributed by atoms with van der Waals surface area (Å²) in [6, 6.07) is 14.4. The SMILES string of the molecule is CN=C(NCCc1coc(-c2ccc(F)cc2)n1)NCCc1c[nH]c2ccccc12.I. The second-order valence-corrected chi connectivity index (χ2v) is 6.94. The summed E-state index contributed by atoms with van der Waals surface area (Å²) in [6.45, 7) is 1.45. The van der Waals surface area contributed by atoms with Crippen LogP contribution < -0.4 is 10.6 Å². The van der Waals surface area contributed by atoms with Crippen LogP contribution in [0.15, 0.2) is 70.4 Å². The molecule has 4 rings (SSSR count). The van der Waals surface area contributed by atoms with Gasteiger partial charge in [-0.3, -0.25) is 4.99 Å². The number of oxazole rings is 1. The lowest BCUT2D eigenvalue weighted by Gasteiger charge is -2.11. The van der Waals surface area contributed by atoms with Crippen molar-refractivity contribution in [2.45, 2.75) is 12.8 Å². The fourth-order valence-electron chi connectivity index (χ4n) is 3.33. The van der Waals surface area contributed by atoms with Gasteiger partial charge in [-0.1, -0.05) is 18.2 Å². The van der Waals surface area contributed by atoms with Crippen molar-refractivity contribution in [3.8, 4) is 11.5 Å². The molecule has 0 bridgehead atoms. The molecular weight excluding hydrogens is 508 g/mol. The van der Waals surface area contributed by atoms with Crippen molar-refractivity contribution >= 4 is 40.8 Å². The van der Waals surface area contributed by atoms with E-state index in [0.717, 1.165) is 35.7 Å². The van der Waals surface area contributed by atoms with Gasteiger partial charge in [0.25, 0.3) is 0 Å². The quantitative estimate of drug-likeness (QED) is 0.185. The Labute approximate surface area is 197 Å². The van der Waals surface area contributed by atoms with Gasteiger partial charge in [0.05, 0.1) is 5.69 Å². The molecule has 0 saturated carbocycles. The molecule has 0 spiro atoms. The Morgan fingerprint density at radius 2 is 1.81 bits per heavy atom. The van der Waals surface area contributed by atoms with Gasteiger partial charge in [-0.15, -0.1) is 24.0 Å². The number of benzene rings is 2. The van der Waals surface area contributed by atoms with Crippen LogP contribution >= 0.6 is 24.0 Å². The van der Waals surface area contributed by atoms with Crippen LogP contribution in [0.3, 0.4) is 0 Å². The van der Waals surface area contributed by atoms with Gasteiger partial charge in [0.1, 0.15) is 12.1 Å². The average molecular weight is 533 g/mol. The zero-order valence-electron chi connectivity index (χ0n) is 17.2. The van der Waals surface area contributed by atoms with Crippen molar-refractivity contribution in [3.63, 3.8) is 0 Å². The lowest BCUT2D eigenvalue weighted by atomic mass is 10.1. The molecule has 162 valence electrons. The van der Waals surface area contributed by atoms with Crippen LogP contribution in [-0.4, -0.2) is 36.1 Å². The Morgan fingerprint density at radius 3 is 2.58 bits per heavy atom. The molecule has 0 atom stereocenters. The number of hydrogen-bond acceptors (Lipinski definition) is 3. The topological polar surface area (TPSA) is 78.2 Å². The fourth-order valence-corrected chi connectivity index (χ4v) is 3.33. The first-order valence-electron chi connectivity index (χ1n) is 9.93. The first-order chi connectivity index (χ1) is 14.7. The van der Waals surface area contributed by atoms with E-state index in [9.17, 15) is 4.39 Å². The monoisotopic (exact) mass is 533 g/mol. The summed E-state index contributed by atoms with van der Waals surface area (Å²) in [5, 5.41) is 7.89. The summed E-state index contributed by atoms with van der Waals surface area (Å²) in [5.74, 6) is 0.960. The van der Waals surface area contributed by atoms with Crippen LogP contribution in [0.1, 0.15) is 11.3 Å². The highest BCUT2D eigenvalue weighted by atomic mass is 127. The lowest BCUT2D eigenvalue weighted by molar-refractivity contribution is 0.571. The molecule has 2 aromatic carbocycles. The molecule has 0 aliphatic carbocycles. The Hall–Kier alpha value is -2.88. The van der Waals surface area contributed by atoms with Crippen molar-refractivity contribution in [1.29, 1.82) is 0 Å². The standard InChI is InChI=1S/C23H24FN5O.HI/c1-25-23(26-12-10-17-14-28-21-5-3-2-4-20(17)21)27-13-11-19-15-30-22(29-19)16-6-8-18(24)9-7-16;/h2-9,14-15,28H,10-13H2,1H3,(H2,25,26,27);1H. The van der Waals surface area contributed by atoms with Gasteiger partial charge in [-0.25, -0.2) is 9.37 Å². The van der Waals surface area contributed by atoms with Gasteiger partial charge in [0, 0.05) is 49.2 Å². The third-order valence-corrected chi connectivity index (χ3v) is 4.90. The fraction of sp³-hybridized carbons (Fsp3) is 0.217. The minimum Gasteiger partial charge on any atom is -0.444 e. The van der Waals surface area contributed by atoms with Gasteiger partial charge < -0.3 is 20.0 Å². The van der Waals surface area contributed by atoms with E-state index in [0.29, 0.717) is 18.9 Å². The first-order valence-corrected chi connectivity index (χ1v) is 9.93. The number of aliphatic imine (C=N–C) groups is 1. The lowest BCUT2D eigenvalue weighted by Crippen LogP contribution is -2.39. The molecule has 0 aliphatic heterocycles. The van der Waals surface area contributed by atoms with Crippen molar-refractivity contribution in [1.82, 2.24) is 20.6 Å². The molecule has 2 aromatic heterocycles. The van der Waals surface area contributed by atoms with E-state index >= 15 is 0 Å². The van der Waals surface area contributed by atoms with E-state index in [-0.39, 0.29) is 29.8 Å². The smallest absolute Gasteiger partial charge is 0.226 e. The molecule has 0 unspecified atom stereocenters. The van der Waals surface area contributed by atoms with Gasteiger partial charge in [0.2, 0.25) is 5.89 Å². The van der Waals surface area contributed by atoms with Crippen molar-refractivity contribution in [3.05, 3.63) is 78.1 Å². The number of H-pyrrole nitrogens is 1. The van der Waals surface area contributed by atoms with Gasteiger partial charge in [0.15, 0.2) is 5.96 Å². The van der Waals surface area contributed by atoms with Crippen LogP contribution in [0, 0.1) is 5.82 Å². The number of guanidine groups is 1. The summed E-state index contributed by atoms with van der Waals surface area (Å²) in [6.07, 6.45) is 5.28. The number of halogens is 2. The maximum atomic E-state index is 13.0. The van der Waals surface area contributed by atoms with Crippen molar-refractivity contribution in [2.24, 2.45) is 4.99 Å². The zero-order valence-corrected chi connectivity index (χ0v) is 19.5. The molecule has 8 heteroatoms. The molecule has 0 fully saturated rings. The van der Waals surface area contributed by atoms with E-state index in [1.807, 2.05) is 6.07 Å². The predicted octanol–water partition coefficient (Wildman–Crippen LogP) is 4.53. The normalized spacial score (nSPS) is 11.4. The number of para-hydroxylation sites is 1. The number of aromatic nitrogens is 2. The highest BCUT2D eigenvalue weighted by Crippen LogP contribution is 2.19. The second-order valence-electron chi connectivity index (χ2n) is 6.94. The first kappa shape index (κ1) is 22.8. The second kappa shape index (κ2) is 10.9. The maximum absolute atomic E-state index is 13.0. The summed E-state index contributed by atoms with van der Waals surface area (Å²) in [7, 11) is 1.75. The largest absolute Gasteiger partial charge is 0.444 e. The molecular formula is C23H25FIN5O. The maximum Gasteiger partial charge on any atom is 0.226 e. The number of nitrogens with zero attached hydrogens (tertiary/aromatic N) is 2. The molecule has 3 N–H and O–H groups in total. The van der Waals surface area contributed by atoms with Crippen molar-refractivity contribution in [2.75, 3.05) is 20.1 Å². The van der Waals surface area contributed by atoms with Crippen LogP contribution in [0.25, 0.3) is 22.4 Å². The summed E-state index contributed by atoms with van der Waals surface area (Å²) >= 11 is 0. The number of nitrogens with one attached hydrogen (secondary N) is 3.